The molecule has 1 aliphatic heterocycles. The van der Waals surface area contributed by atoms with E-state index in [1.165, 1.54) is 27.6 Å². The third-order valence-corrected chi connectivity index (χ3v) is 8.89. The van der Waals surface area contributed by atoms with E-state index in [9.17, 15) is 0 Å². The Bertz CT molecular complexity index is 2220. The second-order valence-electron chi connectivity index (χ2n) is 11.4. The minimum Gasteiger partial charge on any atom is -0.456 e. The molecular weight excluding hydrogens is 528 g/mol. The van der Waals surface area contributed by atoms with Crippen molar-refractivity contribution >= 4 is 56.4 Å². The maximum atomic E-state index is 6.60. The molecule has 206 valence electrons. The van der Waals surface area contributed by atoms with Crippen LogP contribution in [0.25, 0.3) is 56.2 Å². The largest absolute Gasteiger partial charge is 0.456 e. The molecule has 1 atom stereocenters. The summed E-state index contributed by atoms with van der Waals surface area (Å²) in [5.74, 6) is 0.955. The van der Waals surface area contributed by atoms with Crippen LogP contribution in [0, 0.1) is 0 Å². The minimum atomic E-state index is 0.0969. The van der Waals surface area contributed by atoms with Gasteiger partial charge in [-0.3, -0.25) is 0 Å². The molecule has 4 nitrogen and oxygen atoms in total. The van der Waals surface area contributed by atoms with Crippen LogP contribution in [0.4, 0.5) is 11.4 Å². The van der Waals surface area contributed by atoms with Crippen molar-refractivity contribution in [2.24, 2.45) is 0 Å². The molecule has 9 rings (SSSR count). The number of nitrogens with one attached hydrogen (secondary N) is 1. The van der Waals surface area contributed by atoms with Gasteiger partial charge in [-0.25, -0.2) is 0 Å². The van der Waals surface area contributed by atoms with E-state index in [0.29, 0.717) is 0 Å². The molecule has 2 aliphatic rings. The van der Waals surface area contributed by atoms with Crippen LogP contribution >= 0.6 is 0 Å². The summed E-state index contributed by atoms with van der Waals surface area (Å²) in [6, 6.07) is 38.9. The third kappa shape index (κ3) is 3.91. The Kier molecular flexibility index (Phi) is 5.35. The normalized spacial score (nSPS) is 15.5. The number of nitrogens with zero attached hydrogens (tertiary/aromatic N) is 1. The Morgan fingerprint density at radius 2 is 1.44 bits per heavy atom. The fourth-order valence-electron chi connectivity index (χ4n) is 6.78. The van der Waals surface area contributed by atoms with Crippen molar-refractivity contribution in [2.75, 3.05) is 4.90 Å². The molecule has 5 aromatic carbocycles. The number of rotatable bonds is 4. The van der Waals surface area contributed by atoms with Gasteiger partial charge in [0.1, 0.15) is 22.5 Å². The highest BCUT2D eigenvalue weighted by atomic mass is 16.3. The van der Waals surface area contributed by atoms with E-state index in [4.69, 9.17) is 8.83 Å². The second-order valence-corrected chi connectivity index (χ2v) is 11.4. The smallest absolute Gasteiger partial charge is 0.143 e. The van der Waals surface area contributed by atoms with Crippen molar-refractivity contribution in [2.45, 2.75) is 19.0 Å². The first-order valence-electron chi connectivity index (χ1n) is 14.8. The number of fused-ring (bicyclic) bond motifs is 8. The molecule has 4 heteroatoms. The third-order valence-electron chi connectivity index (χ3n) is 8.89. The average Bonchev–Trinajstić information content (AvgIpc) is 3.64. The van der Waals surface area contributed by atoms with Crippen molar-refractivity contribution in [1.82, 2.24) is 5.32 Å². The fourth-order valence-corrected chi connectivity index (χ4v) is 6.78. The van der Waals surface area contributed by atoms with Crippen LogP contribution in [0.1, 0.15) is 22.5 Å². The molecule has 7 aromatic rings. The molecule has 2 aromatic heterocycles. The van der Waals surface area contributed by atoms with Crippen LogP contribution < -0.4 is 10.2 Å². The van der Waals surface area contributed by atoms with Crippen molar-refractivity contribution in [1.29, 1.82) is 0 Å². The number of para-hydroxylation sites is 1. The Balaban J connectivity index is 1.18. The Hall–Kier alpha value is -5.48. The summed E-state index contributed by atoms with van der Waals surface area (Å²) in [4.78, 5) is 2.43. The number of furan rings is 2. The Labute approximate surface area is 249 Å². The van der Waals surface area contributed by atoms with Gasteiger partial charge < -0.3 is 19.1 Å². The van der Waals surface area contributed by atoms with E-state index in [0.717, 1.165) is 63.2 Å². The summed E-state index contributed by atoms with van der Waals surface area (Å²) >= 11 is 0. The molecule has 0 amide bonds. The first kappa shape index (κ1) is 24.2. The van der Waals surface area contributed by atoms with E-state index in [-0.39, 0.29) is 6.04 Å². The van der Waals surface area contributed by atoms with Gasteiger partial charge in [-0.1, -0.05) is 78.9 Å². The zero-order valence-electron chi connectivity index (χ0n) is 23.5. The van der Waals surface area contributed by atoms with Crippen molar-refractivity contribution in [3.05, 3.63) is 144 Å². The molecule has 0 spiro atoms. The number of hydrogen-bond donors (Lipinski definition) is 1. The zero-order valence-corrected chi connectivity index (χ0v) is 23.5. The lowest BCUT2D eigenvalue weighted by Gasteiger charge is -2.33. The summed E-state index contributed by atoms with van der Waals surface area (Å²) < 4.78 is 12.8. The number of hydrogen-bond acceptors (Lipinski definition) is 4. The maximum absolute atomic E-state index is 6.60. The molecule has 43 heavy (non-hydrogen) atoms. The van der Waals surface area contributed by atoms with Crippen LogP contribution in [-0.2, 0) is 13.0 Å². The molecule has 1 N–H and O–H groups in total. The molecular formula is C39H28N2O2. The monoisotopic (exact) mass is 556 g/mol. The Morgan fingerprint density at radius 1 is 0.651 bits per heavy atom. The highest BCUT2D eigenvalue weighted by Gasteiger charge is 2.27. The lowest BCUT2D eigenvalue weighted by Crippen LogP contribution is -2.32. The average molecular weight is 557 g/mol. The van der Waals surface area contributed by atoms with Crippen LogP contribution in [0.5, 0.6) is 0 Å². The van der Waals surface area contributed by atoms with E-state index >= 15 is 0 Å². The van der Waals surface area contributed by atoms with E-state index in [1.807, 2.05) is 12.3 Å². The van der Waals surface area contributed by atoms with Gasteiger partial charge in [0.2, 0.25) is 0 Å². The SMILES string of the molecule is C1=Cc2c(ccc3c2oc2cc(N(c4ccc(-c5ccccc5)cc4)C4C=Cc5oc6ccccc6c5C4)ccc23)CN1. The fraction of sp³-hybridized carbons (Fsp3) is 0.0769. The number of anilines is 2. The van der Waals surface area contributed by atoms with Gasteiger partial charge in [0, 0.05) is 57.7 Å². The zero-order chi connectivity index (χ0) is 28.3. The van der Waals surface area contributed by atoms with E-state index in [2.05, 4.69) is 132 Å². The molecule has 0 saturated heterocycles. The highest BCUT2D eigenvalue weighted by Crippen LogP contribution is 2.40. The topological polar surface area (TPSA) is 41.6 Å². The van der Waals surface area contributed by atoms with Crippen molar-refractivity contribution < 1.29 is 8.83 Å². The quantitative estimate of drug-likeness (QED) is 0.234. The molecule has 3 heterocycles. The Morgan fingerprint density at radius 3 is 2.35 bits per heavy atom. The lowest BCUT2D eigenvalue weighted by atomic mass is 9.95. The van der Waals surface area contributed by atoms with E-state index in [1.54, 1.807) is 0 Å². The van der Waals surface area contributed by atoms with Crippen molar-refractivity contribution in [3.63, 3.8) is 0 Å². The van der Waals surface area contributed by atoms with Gasteiger partial charge in [0.05, 0.1) is 6.04 Å². The summed E-state index contributed by atoms with van der Waals surface area (Å²) in [7, 11) is 0. The predicted octanol–water partition coefficient (Wildman–Crippen LogP) is 9.85. The molecule has 1 aliphatic carbocycles. The summed E-state index contributed by atoms with van der Waals surface area (Å²) in [5, 5.41) is 6.78. The van der Waals surface area contributed by atoms with Crippen LogP contribution in [0.3, 0.4) is 0 Å². The lowest BCUT2D eigenvalue weighted by molar-refractivity contribution is 0.590. The van der Waals surface area contributed by atoms with Gasteiger partial charge in [-0.15, -0.1) is 0 Å². The maximum Gasteiger partial charge on any atom is 0.143 e. The first-order chi connectivity index (χ1) is 21.3. The first-order valence-corrected chi connectivity index (χ1v) is 14.8. The van der Waals surface area contributed by atoms with Gasteiger partial charge in [-0.05, 0) is 65.4 Å². The van der Waals surface area contributed by atoms with Crippen LogP contribution in [-0.4, -0.2) is 6.04 Å². The van der Waals surface area contributed by atoms with Gasteiger partial charge in [0.15, 0.2) is 0 Å². The van der Waals surface area contributed by atoms with Gasteiger partial charge in [-0.2, -0.15) is 0 Å². The molecule has 0 radical (unpaired) electrons. The molecule has 0 fully saturated rings. The summed E-state index contributed by atoms with van der Waals surface area (Å²) in [5.41, 5.74) is 11.1. The summed E-state index contributed by atoms with van der Waals surface area (Å²) in [6.07, 6.45) is 9.37. The summed E-state index contributed by atoms with van der Waals surface area (Å²) in [6.45, 7) is 0.815. The van der Waals surface area contributed by atoms with Crippen LogP contribution in [0.15, 0.2) is 130 Å². The molecule has 1 unspecified atom stereocenters. The van der Waals surface area contributed by atoms with Crippen LogP contribution in [0.2, 0.25) is 0 Å². The molecule has 0 bridgehead atoms. The molecule has 0 saturated carbocycles. The predicted molar refractivity (Wildman–Crippen MR) is 176 cm³/mol. The van der Waals surface area contributed by atoms with Crippen molar-refractivity contribution in [3.8, 4) is 11.1 Å². The van der Waals surface area contributed by atoms with Gasteiger partial charge in [0.25, 0.3) is 0 Å². The highest BCUT2D eigenvalue weighted by molar-refractivity contribution is 6.08. The minimum absolute atomic E-state index is 0.0969. The number of benzene rings is 5. The van der Waals surface area contributed by atoms with E-state index < -0.39 is 0 Å². The standard InChI is InChI=1S/C39H28N2O2/c1-2-6-25(7-3-1)26-10-13-28(14-11-26)41(29-16-19-37-35(22-29)32-8-4-5-9-36(32)42-37)30-15-18-33-34-17-12-27-24-40-21-20-31(27)39(34)43-38(33)23-30/h1-21,23,29,40H,22,24H2. The van der Waals surface area contributed by atoms with Gasteiger partial charge >= 0.3 is 0 Å². The second kappa shape index (κ2) is 9.53.